The smallest absolute Gasteiger partial charge is 0.124 e. The lowest BCUT2D eigenvalue weighted by molar-refractivity contribution is 0.301. The van der Waals surface area contributed by atoms with Gasteiger partial charge in [0.25, 0.3) is 0 Å². The van der Waals surface area contributed by atoms with Gasteiger partial charge in [0.15, 0.2) is 0 Å². The molecule has 0 amide bonds. The molecule has 0 fully saturated rings. The molecule has 2 aromatic carbocycles. The fourth-order valence-electron chi connectivity index (χ4n) is 2.10. The van der Waals surface area contributed by atoms with Crippen molar-refractivity contribution in [3.63, 3.8) is 0 Å². The molecule has 0 bridgehead atoms. The van der Waals surface area contributed by atoms with Gasteiger partial charge >= 0.3 is 0 Å². The summed E-state index contributed by atoms with van der Waals surface area (Å²) >= 11 is 0. The second-order valence-corrected chi connectivity index (χ2v) is 4.82. The maximum Gasteiger partial charge on any atom is 0.124 e. The van der Waals surface area contributed by atoms with Crippen molar-refractivity contribution in [1.82, 2.24) is 5.32 Å². The molecular weight excluding hydrogens is 267 g/mol. The van der Waals surface area contributed by atoms with Gasteiger partial charge in [0.1, 0.15) is 18.2 Å². The number of benzene rings is 2. The first-order valence-electron chi connectivity index (χ1n) is 6.69. The number of halogens is 1. The monoisotopic (exact) mass is 284 g/mol. The van der Waals surface area contributed by atoms with E-state index in [4.69, 9.17) is 10.00 Å². The van der Waals surface area contributed by atoms with Crippen molar-refractivity contribution >= 4 is 0 Å². The summed E-state index contributed by atoms with van der Waals surface area (Å²) in [6.07, 6.45) is 0. The summed E-state index contributed by atoms with van der Waals surface area (Å²) in [6.45, 7) is 2.87. The zero-order chi connectivity index (χ0) is 15.2. The molecule has 0 radical (unpaired) electrons. The molecule has 2 aromatic rings. The molecular formula is C17H17FN2O. The third-order valence-electron chi connectivity index (χ3n) is 3.24. The van der Waals surface area contributed by atoms with Gasteiger partial charge in [-0.05, 0) is 55.4 Å². The third-order valence-corrected chi connectivity index (χ3v) is 3.24. The molecule has 0 aromatic heterocycles. The quantitative estimate of drug-likeness (QED) is 0.916. The minimum Gasteiger partial charge on any atom is -0.489 e. The molecule has 0 heterocycles. The van der Waals surface area contributed by atoms with Crippen molar-refractivity contribution in [3.8, 4) is 11.8 Å². The number of hydrogen-bond donors (Lipinski definition) is 1. The van der Waals surface area contributed by atoms with Gasteiger partial charge in [-0.25, -0.2) is 4.39 Å². The van der Waals surface area contributed by atoms with Crippen molar-refractivity contribution in [3.05, 3.63) is 64.5 Å². The summed E-state index contributed by atoms with van der Waals surface area (Å²) in [5.74, 6) is 0.386. The van der Waals surface area contributed by atoms with E-state index < -0.39 is 0 Å². The van der Waals surface area contributed by atoms with Crippen LogP contribution in [0.25, 0.3) is 0 Å². The second-order valence-electron chi connectivity index (χ2n) is 4.82. The Morgan fingerprint density at radius 2 is 2.00 bits per heavy atom. The Bertz CT molecular complexity index is 677. The van der Waals surface area contributed by atoms with E-state index in [1.54, 1.807) is 19.2 Å². The number of aryl methyl sites for hydroxylation is 1. The third kappa shape index (κ3) is 3.80. The van der Waals surface area contributed by atoms with Crippen LogP contribution in [0.2, 0.25) is 0 Å². The predicted octanol–water partition coefficient (Wildman–Crippen LogP) is 3.30. The molecule has 108 valence electrons. The molecule has 0 aliphatic rings. The normalized spacial score (nSPS) is 10.2. The minimum absolute atomic E-state index is 0.276. The van der Waals surface area contributed by atoms with E-state index in [9.17, 15) is 4.39 Å². The highest BCUT2D eigenvalue weighted by atomic mass is 19.1. The first-order valence-corrected chi connectivity index (χ1v) is 6.69. The Hall–Kier alpha value is -2.38. The van der Waals surface area contributed by atoms with E-state index in [0.29, 0.717) is 24.5 Å². The molecule has 3 nitrogen and oxygen atoms in total. The lowest BCUT2D eigenvalue weighted by Gasteiger charge is -2.13. The van der Waals surface area contributed by atoms with E-state index in [0.717, 1.165) is 16.7 Å². The van der Waals surface area contributed by atoms with Gasteiger partial charge in [-0.3, -0.25) is 0 Å². The van der Waals surface area contributed by atoms with Gasteiger partial charge in [0.05, 0.1) is 11.6 Å². The topological polar surface area (TPSA) is 45.0 Å². The summed E-state index contributed by atoms with van der Waals surface area (Å²) < 4.78 is 19.1. The van der Waals surface area contributed by atoms with Crippen LogP contribution in [0, 0.1) is 24.1 Å². The van der Waals surface area contributed by atoms with Crippen molar-refractivity contribution in [2.75, 3.05) is 7.05 Å². The highest BCUT2D eigenvalue weighted by Crippen LogP contribution is 2.22. The molecule has 4 heteroatoms. The average molecular weight is 284 g/mol. The van der Waals surface area contributed by atoms with E-state index in [1.807, 2.05) is 19.1 Å². The molecule has 21 heavy (non-hydrogen) atoms. The predicted molar refractivity (Wildman–Crippen MR) is 79.4 cm³/mol. The van der Waals surface area contributed by atoms with Crippen LogP contribution in [0.3, 0.4) is 0 Å². The summed E-state index contributed by atoms with van der Waals surface area (Å²) in [6, 6.07) is 12.1. The van der Waals surface area contributed by atoms with Crippen molar-refractivity contribution < 1.29 is 9.13 Å². The van der Waals surface area contributed by atoms with Crippen LogP contribution in [-0.2, 0) is 13.2 Å². The van der Waals surface area contributed by atoms with Gasteiger partial charge in [0.2, 0.25) is 0 Å². The van der Waals surface area contributed by atoms with Crippen molar-refractivity contribution in [2.45, 2.75) is 20.1 Å². The molecule has 0 atom stereocenters. The van der Waals surface area contributed by atoms with Gasteiger partial charge in [0, 0.05) is 12.1 Å². The molecule has 0 unspecified atom stereocenters. The number of hydrogen-bond acceptors (Lipinski definition) is 3. The van der Waals surface area contributed by atoms with Gasteiger partial charge in [-0.2, -0.15) is 5.26 Å². The second kappa shape index (κ2) is 6.87. The van der Waals surface area contributed by atoms with Crippen LogP contribution in [0.5, 0.6) is 5.75 Å². The standard InChI is InChI=1S/C17H17FN2O/c1-12-7-13(9-19)3-4-14(12)11-21-17-6-5-16(18)8-15(17)10-20-2/h3-8,20H,10-11H2,1-2H3. The maximum absolute atomic E-state index is 13.3. The highest BCUT2D eigenvalue weighted by Gasteiger charge is 2.07. The van der Waals surface area contributed by atoms with E-state index in [-0.39, 0.29) is 5.82 Å². The van der Waals surface area contributed by atoms with E-state index in [2.05, 4.69) is 11.4 Å². The molecule has 0 saturated carbocycles. The maximum atomic E-state index is 13.3. The minimum atomic E-state index is -0.276. The Labute approximate surface area is 124 Å². The van der Waals surface area contributed by atoms with Crippen LogP contribution >= 0.6 is 0 Å². The van der Waals surface area contributed by atoms with Crippen LogP contribution in [-0.4, -0.2) is 7.05 Å². The Kier molecular flexibility index (Phi) is 4.91. The highest BCUT2D eigenvalue weighted by molar-refractivity contribution is 5.38. The Balaban J connectivity index is 2.15. The molecule has 0 spiro atoms. The first-order chi connectivity index (χ1) is 10.1. The summed E-state index contributed by atoms with van der Waals surface area (Å²) in [5, 5.41) is 11.9. The molecule has 0 aliphatic heterocycles. The zero-order valence-electron chi connectivity index (χ0n) is 12.1. The van der Waals surface area contributed by atoms with Crippen LogP contribution in [0.4, 0.5) is 4.39 Å². The van der Waals surface area contributed by atoms with Crippen LogP contribution in [0.15, 0.2) is 36.4 Å². The van der Waals surface area contributed by atoms with Gasteiger partial charge in [-0.1, -0.05) is 6.07 Å². The summed E-state index contributed by atoms with van der Waals surface area (Å²) in [5.41, 5.74) is 3.43. The van der Waals surface area contributed by atoms with Gasteiger partial charge in [-0.15, -0.1) is 0 Å². The fraction of sp³-hybridized carbons (Fsp3) is 0.235. The SMILES string of the molecule is CNCc1cc(F)ccc1OCc1ccc(C#N)cc1C. The summed E-state index contributed by atoms with van der Waals surface area (Å²) in [7, 11) is 1.81. The van der Waals surface area contributed by atoms with Gasteiger partial charge < -0.3 is 10.1 Å². The fourth-order valence-corrected chi connectivity index (χ4v) is 2.10. The Morgan fingerprint density at radius 1 is 1.19 bits per heavy atom. The number of nitrogens with zero attached hydrogens (tertiary/aromatic N) is 1. The lowest BCUT2D eigenvalue weighted by atomic mass is 10.1. The van der Waals surface area contributed by atoms with Crippen LogP contribution in [0.1, 0.15) is 22.3 Å². The van der Waals surface area contributed by atoms with Crippen LogP contribution < -0.4 is 10.1 Å². The molecule has 1 N–H and O–H groups in total. The lowest BCUT2D eigenvalue weighted by Crippen LogP contribution is -2.08. The van der Waals surface area contributed by atoms with Crippen molar-refractivity contribution in [2.24, 2.45) is 0 Å². The largest absolute Gasteiger partial charge is 0.489 e. The average Bonchev–Trinajstić information content (AvgIpc) is 2.48. The zero-order valence-corrected chi connectivity index (χ0v) is 12.1. The number of rotatable bonds is 5. The number of nitriles is 1. The summed E-state index contributed by atoms with van der Waals surface area (Å²) in [4.78, 5) is 0. The molecule has 2 rings (SSSR count). The molecule has 0 aliphatic carbocycles. The number of ether oxygens (including phenoxy) is 1. The first kappa shape index (κ1) is 15.0. The van der Waals surface area contributed by atoms with E-state index in [1.165, 1.54) is 12.1 Å². The number of nitrogens with one attached hydrogen (secondary N) is 1. The van der Waals surface area contributed by atoms with E-state index >= 15 is 0 Å². The molecule has 0 saturated heterocycles. The van der Waals surface area contributed by atoms with Crippen molar-refractivity contribution in [1.29, 1.82) is 5.26 Å². The Morgan fingerprint density at radius 3 is 2.67 bits per heavy atom.